The van der Waals surface area contributed by atoms with E-state index in [0.29, 0.717) is 11.8 Å². The van der Waals surface area contributed by atoms with Crippen LogP contribution in [0.15, 0.2) is 16.9 Å². The predicted octanol–water partition coefficient (Wildman–Crippen LogP) is 1.46. The maximum Gasteiger partial charge on any atom is 0.266 e. The summed E-state index contributed by atoms with van der Waals surface area (Å²) >= 11 is 0. The third-order valence-corrected chi connectivity index (χ3v) is 5.61. The number of aromatic amines is 1. The van der Waals surface area contributed by atoms with Crippen molar-refractivity contribution >= 4 is 0 Å². The number of aromatic nitrogens is 4. The summed E-state index contributed by atoms with van der Waals surface area (Å²) in [5, 5.41) is 12.2. The van der Waals surface area contributed by atoms with Crippen molar-refractivity contribution in [3.05, 3.63) is 45.1 Å². The van der Waals surface area contributed by atoms with Crippen LogP contribution in [-0.2, 0) is 25.9 Å². The zero-order valence-electron chi connectivity index (χ0n) is 13.9. The Morgan fingerprint density at radius 3 is 2.92 bits per heavy atom. The molecule has 1 N–H and O–H groups in total. The zero-order valence-corrected chi connectivity index (χ0v) is 13.9. The fraction of sp³-hybridized carbons (Fsp3) is 0.611. The first kappa shape index (κ1) is 14.4. The third-order valence-electron chi connectivity index (χ3n) is 5.61. The quantitative estimate of drug-likeness (QED) is 0.904. The summed E-state index contributed by atoms with van der Waals surface area (Å²) in [6.45, 7) is 3.74. The van der Waals surface area contributed by atoms with E-state index in [1.807, 2.05) is 6.07 Å². The summed E-state index contributed by atoms with van der Waals surface area (Å²) < 4.78 is 1.68. The first-order valence-electron chi connectivity index (χ1n) is 9.11. The predicted molar refractivity (Wildman–Crippen MR) is 89.9 cm³/mol. The molecule has 1 saturated carbocycles. The fourth-order valence-electron chi connectivity index (χ4n) is 4.09. The summed E-state index contributed by atoms with van der Waals surface area (Å²) in [7, 11) is 0. The van der Waals surface area contributed by atoms with E-state index in [2.05, 4.69) is 20.2 Å². The van der Waals surface area contributed by atoms with Gasteiger partial charge < -0.3 is 0 Å². The van der Waals surface area contributed by atoms with Crippen LogP contribution in [0.4, 0.5) is 0 Å². The summed E-state index contributed by atoms with van der Waals surface area (Å²) in [5.41, 5.74) is 5.15. The van der Waals surface area contributed by atoms with Crippen molar-refractivity contribution < 1.29 is 0 Å². The number of rotatable bonds is 5. The molecular formula is C18H23N5O. The number of fused-ring (bicyclic) bond motifs is 1. The van der Waals surface area contributed by atoms with Crippen LogP contribution < -0.4 is 5.56 Å². The SMILES string of the molecule is O=c1ccc(C2CC2)nn1CC1CN(Cc2n[nH]c3c2CCC3)C1. The molecule has 0 spiro atoms. The van der Waals surface area contributed by atoms with Gasteiger partial charge in [0.1, 0.15) is 0 Å². The molecule has 0 unspecified atom stereocenters. The smallest absolute Gasteiger partial charge is 0.266 e. The average Bonchev–Trinajstić information content (AvgIpc) is 3.16. The van der Waals surface area contributed by atoms with Crippen LogP contribution in [0.25, 0.3) is 0 Å². The van der Waals surface area contributed by atoms with Gasteiger partial charge in [0, 0.05) is 43.2 Å². The van der Waals surface area contributed by atoms with Gasteiger partial charge in [-0.2, -0.15) is 10.2 Å². The largest absolute Gasteiger partial charge is 0.297 e. The average molecular weight is 325 g/mol. The molecule has 3 heterocycles. The van der Waals surface area contributed by atoms with Gasteiger partial charge in [-0.25, -0.2) is 4.68 Å². The number of nitrogens with zero attached hydrogens (tertiary/aromatic N) is 4. The van der Waals surface area contributed by atoms with E-state index in [1.165, 1.54) is 42.6 Å². The van der Waals surface area contributed by atoms with Gasteiger partial charge in [-0.05, 0) is 43.7 Å². The highest BCUT2D eigenvalue weighted by Crippen LogP contribution is 2.38. The summed E-state index contributed by atoms with van der Waals surface area (Å²) in [6.07, 6.45) is 6.01. The first-order valence-corrected chi connectivity index (χ1v) is 9.11. The van der Waals surface area contributed by atoms with Crippen LogP contribution in [0.2, 0.25) is 0 Å². The Balaban J connectivity index is 1.20. The van der Waals surface area contributed by atoms with Gasteiger partial charge in [-0.1, -0.05) is 0 Å². The van der Waals surface area contributed by atoms with Crippen LogP contribution in [0.3, 0.4) is 0 Å². The number of nitrogens with one attached hydrogen (secondary N) is 1. The molecule has 126 valence electrons. The number of aryl methyl sites for hydroxylation is 1. The number of H-pyrrole nitrogens is 1. The van der Waals surface area contributed by atoms with E-state index in [9.17, 15) is 4.79 Å². The monoisotopic (exact) mass is 325 g/mol. The Labute approximate surface area is 140 Å². The minimum atomic E-state index is 0.0305. The highest BCUT2D eigenvalue weighted by Gasteiger charge is 2.30. The molecule has 24 heavy (non-hydrogen) atoms. The lowest BCUT2D eigenvalue weighted by Gasteiger charge is -2.39. The van der Waals surface area contributed by atoms with Crippen molar-refractivity contribution in [1.29, 1.82) is 0 Å². The number of likely N-dealkylation sites (tertiary alicyclic amines) is 1. The standard InChI is InChI=1S/C18H23N5O/c24-18-7-6-15(13-4-5-13)21-23(18)10-12-8-22(9-12)11-17-14-2-1-3-16(14)19-20-17/h6-7,12-13H,1-5,8-11H2,(H,19,20). The molecule has 5 rings (SSSR count). The first-order chi connectivity index (χ1) is 11.8. The molecule has 0 aromatic carbocycles. The Morgan fingerprint density at radius 1 is 1.21 bits per heavy atom. The van der Waals surface area contributed by atoms with Gasteiger partial charge >= 0.3 is 0 Å². The molecule has 6 nitrogen and oxygen atoms in total. The molecule has 0 amide bonds. The van der Waals surface area contributed by atoms with Gasteiger partial charge in [-0.15, -0.1) is 0 Å². The zero-order chi connectivity index (χ0) is 16.1. The van der Waals surface area contributed by atoms with E-state index >= 15 is 0 Å². The van der Waals surface area contributed by atoms with Gasteiger partial charge in [0.05, 0.1) is 17.9 Å². The summed E-state index contributed by atoms with van der Waals surface area (Å²) in [5.74, 6) is 1.12. The number of hydrogen-bond acceptors (Lipinski definition) is 4. The van der Waals surface area contributed by atoms with E-state index < -0.39 is 0 Å². The maximum absolute atomic E-state index is 12.0. The molecule has 2 fully saturated rings. The van der Waals surface area contributed by atoms with Crippen molar-refractivity contribution in [2.75, 3.05) is 13.1 Å². The summed E-state index contributed by atoms with van der Waals surface area (Å²) in [6, 6.07) is 3.59. The van der Waals surface area contributed by atoms with Crippen molar-refractivity contribution in [1.82, 2.24) is 24.9 Å². The van der Waals surface area contributed by atoms with Gasteiger partial charge in [-0.3, -0.25) is 14.8 Å². The van der Waals surface area contributed by atoms with Crippen LogP contribution >= 0.6 is 0 Å². The molecule has 0 bridgehead atoms. The van der Waals surface area contributed by atoms with E-state index in [1.54, 1.807) is 10.7 Å². The molecule has 3 aliphatic rings. The second-order valence-electron chi connectivity index (χ2n) is 7.59. The Morgan fingerprint density at radius 2 is 2.08 bits per heavy atom. The molecule has 2 aromatic heterocycles. The minimum absolute atomic E-state index is 0.0305. The van der Waals surface area contributed by atoms with E-state index in [0.717, 1.165) is 38.3 Å². The summed E-state index contributed by atoms with van der Waals surface area (Å²) in [4.78, 5) is 14.5. The highest BCUT2D eigenvalue weighted by atomic mass is 16.1. The van der Waals surface area contributed by atoms with Crippen molar-refractivity contribution in [2.24, 2.45) is 5.92 Å². The lowest BCUT2D eigenvalue weighted by molar-refractivity contribution is 0.0750. The maximum atomic E-state index is 12.0. The van der Waals surface area contributed by atoms with Crippen LogP contribution in [0, 0.1) is 5.92 Å². The molecule has 0 atom stereocenters. The molecule has 2 aliphatic carbocycles. The normalized spacial score (nSPS) is 21.0. The van der Waals surface area contributed by atoms with Crippen LogP contribution in [0.1, 0.15) is 47.8 Å². The van der Waals surface area contributed by atoms with E-state index in [-0.39, 0.29) is 5.56 Å². The van der Waals surface area contributed by atoms with E-state index in [4.69, 9.17) is 0 Å². The Hall–Kier alpha value is -1.95. The highest BCUT2D eigenvalue weighted by molar-refractivity contribution is 5.29. The van der Waals surface area contributed by atoms with Crippen molar-refractivity contribution in [3.8, 4) is 0 Å². The Kier molecular flexibility index (Phi) is 3.33. The van der Waals surface area contributed by atoms with Crippen molar-refractivity contribution in [3.63, 3.8) is 0 Å². The molecule has 2 aromatic rings. The minimum Gasteiger partial charge on any atom is -0.297 e. The van der Waals surface area contributed by atoms with Gasteiger partial charge in [0.2, 0.25) is 0 Å². The molecular weight excluding hydrogens is 302 g/mol. The molecule has 1 saturated heterocycles. The lowest BCUT2D eigenvalue weighted by Crippen LogP contribution is -2.49. The Bertz CT molecular complexity index is 813. The topological polar surface area (TPSA) is 66.8 Å². The fourth-order valence-corrected chi connectivity index (χ4v) is 4.09. The van der Waals surface area contributed by atoms with Crippen LogP contribution in [-0.4, -0.2) is 38.0 Å². The van der Waals surface area contributed by atoms with Crippen molar-refractivity contribution in [2.45, 2.75) is 51.1 Å². The lowest BCUT2D eigenvalue weighted by atomic mass is 9.99. The molecule has 6 heteroatoms. The second kappa shape index (κ2) is 5.55. The number of hydrogen-bond donors (Lipinski definition) is 1. The molecule has 1 aliphatic heterocycles. The second-order valence-corrected chi connectivity index (χ2v) is 7.59. The van der Waals surface area contributed by atoms with Crippen LogP contribution in [0.5, 0.6) is 0 Å². The van der Waals surface area contributed by atoms with Gasteiger partial charge in [0.15, 0.2) is 0 Å². The molecule has 0 radical (unpaired) electrons. The third kappa shape index (κ3) is 2.59. The van der Waals surface area contributed by atoms with Gasteiger partial charge in [0.25, 0.3) is 5.56 Å².